The van der Waals surface area contributed by atoms with Gasteiger partial charge in [-0.15, -0.1) is 0 Å². The first-order chi connectivity index (χ1) is 18.6. The van der Waals surface area contributed by atoms with E-state index in [1.165, 1.54) is 16.2 Å². The summed E-state index contributed by atoms with van der Waals surface area (Å²) in [6.07, 6.45) is 0.893. The Hall–Kier alpha value is -3.68. The summed E-state index contributed by atoms with van der Waals surface area (Å²) in [4.78, 5) is 33.3. The van der Waals surface area contributed by atoms with Crippen molar-refractivity contribution >= 4 is 55.7 Å². The van der Waals surface area contributed by atoms with E-state index in [1.807, 2.05) is 50.2 Å². The number of Topliss-reactive ketones (excluding diaryl/α,β-unsaturated/α-hetero) is 1. The number of aliphatic hydroxyl groups is 1. The zero-order chi connectivity index (χ0) is 27.8. The molecule has 1 amide bonds. The molecule has 1 aromatic heterocycles. The minimum atomic E-state index is -0.892. The summed E-state index contributed by atoms with van der Waals surface area (Å²) in [5.74, 6) is -0.663. The maximum absolute atomic E-state index is 13.6. The van der Waals surface area contributed by atoms with Gasteiger partial charge in [-0.25, -0.2) is 4.98 Å². The van der Waals surface area contributed by atoms with Crippen LogP contribution in [0.25, 0.3) is 16.0 Å². The lowest BCUT2D eigenvalue weighted by molar-refractivity contribution is -0.132. The smallest absolute Gasteiger partial charge is 0.301 e. The molecule has 0 spiro atoms. The molecule has 39 heavy (non-hydrogen) atoms. The monoisotopic (exact) mass is 560 g/mol. The van der Waals surface area contributed by atoms with E-state index in [0.717, 1.165) is 27.8 Å². The summed E-state index contributed by atoms with van der Waals surface area (Å²) < 4.78 is 6.91. The number of amides is 1. The Morgan fingerprint density at radius 2 is 1.85 bits per heavy atom. The summed E-state index contributed by atoms with van der Waals surface area (Å²) in [5, 5.41) is 12.3. The van der Waals surface area contributed by atoms with Crippen molar-refractivity contribution < 1.29 is 19.4 Å². The van der Waals surface area contributed by atoms with E-state index in [2.05, 4.69) is 13.8 Å². The standard InChI is InChI=1S/C31H29ClN2O4S/c1-17(2)12-13-38-23-7-5-6-21(16-23)27-25(28(35)20-8-10-22(32)11-9-20)29(36)30(37)34(27)31-33-26-19(4)14-18(3)15-24(26)39-31/h5-11,14-17,27,35H,12-13H2,1-4H3. The molecule has 1 aliphatic heterocycles. The van der Waals surface area contributed by atoms with E-state index >= 15 is 0 Å². The van der Waals surface area contributed by atoms with Gasteiger partial charge in [0.2, 0.25) is 0 Å². The summed E-state index contributed by atoms with van der Waals surface area (Å²) in [7, 11) is 0. The van der Waals surface area contributed by atoms with Crippen LogP contribution >= 0.6 is 22.9 Å². The molecule has 0 radical (unpaired) electrons. The summed E-state index contributed by atoms with van der Waals surface area (Å²) >= 11 is 7.40. The number of ketones is 1. The van der Waals surface area contributed by atoms with Crippen LogP contribution in [0.4, 0.5) is 5.13 Å². The molecule has 1 saturated heterocycles. The van der Waals surface area contributed by atoms with Crippen molar-refractivity contribution in [3.63, 3.8) is 0 Å². The fourth-order valence-corrected chi connectivity index (χ4v) is 6.05. The number of halogens is 1. The second-order valence-electron chi connectivity index (χ2n) is 10.2. The van der Waals surface area contributed by atoms with E-state index in [1.54, 1.807) is 24.3 Å². The lowest BCUT2D eigenvalue weighted by atomic mass is 9.95. The minimum Gasteiger partial charge on any atom is -0.507 e. The molecule has 1 fully saturated rings. The lowest BCUT2D eigenvalue weighted by Crippen LogP contribution is -2.29. The van der Waals surface area contributed by atoms with Crippen LogP contribution in [0, 0.1) is 19.8 Å². The molecule has 0 bridgehead atoms. The SMILES string of the molecule is Cc1cc(C)c2nc(N3C(=O)C(=O)C(=C(O)c4ccc(Cl)cc4)C3c3cccc(OCCC(C)C)c3)sc2c1. The normalized spacial score (nSPS) is 17.0. The van der Waals surface area contributed by atoms with E-state index in [4.69, 9.17) is 21.3 Å². The molecule has 5 rings (SSSR count). The number of rotatable bonds is 7. The highest BCUT2D eigenvalue weighted by Crippen LogP contribution is 2.45. The van der Waals surface area contributed by atoms with Crippen LogP contribution in [0.2, 0.25) is 5.02 Å². The van der Waals surface area contributed by atoms with Crippen molar-refractivity contribution in [2.45, 2.75) is 40.2 Å². The number of nitrogens with zero attached hydrogens (tertiary/aromatic N) is 2. The first-order valence-electron chi connectivity index (χ1n) is 12.8. The van der Waals surface area contributed by atoms with Crippen molar-refractivity contribution in [1.29, 1.82) is 0 Å². The largest absolute Gasteiger partial charge is 0.507 e. The topological polar surface area (TPSA) is 79.7 Å². The molecule has 1 unspecified atom stereocenters. The molecule has 0 aliphatic carbocycles. The number of hydrogen-bond acceptors (Lipinski definition) is 6. The Kier molecular flexibility index (Phi) is 7.47. The van der Waals surface area contributed by atoms with Gasteiger partial charge in [-0.3, -0.25) is 14.5 Å². The lowest BCUT2D eigenvalue weighted by Gasteiger charge is -2.23. The predicted octanol–water partition coefficient (Wildman–Crippen LogP) is 7.62. The number of fused-ring (bicyclic) bond motifs is 1. The molecule has 1 atom stereocenters. The van der Waals surface area contributed by atoms with Gasteiger partial charge < -0.3 is 9.84 Å². The minimum absolute atomic E-state index is 0.00573. The summed E-state index contributed by atoms with van der Waals surface area (Å²) in [6, 6.07) is 17.0. The fraction of sp³-hybridized carbons (Fsp3) is 0.258. The number of hydrogen-bond donors (Lipinski definition) is 1. The van der Waals surface area contributed by atoms with Crippen LogP contribution in [-0.4, -0.2) is 28.4 Å². The van der Waals surface area contributed by atoms with Crippen molar-refractivity contribution in [3.8, 4) is 5.75 Å². The molecule has 2 heterocycles. The van der Waals surface area contributed by atoms with Crippen LogP contribution in [-0.2, 0) is 9.59 Å². The third-order valence-electron chi connectivity index (χ3n) is 6.72. The maximum atomic E-state index is 13.6. The van der Waals surface area contributed by atoms with E-state index < -0.39 is 17.7 Å². The fourth-order valence-electron chi connectivity index (χ4n) is 4.76. The highest BCUT2D eigenvalue weighted by molar-refractivity contribution is 7.22. The molecular formula is C31H29ClN2O4S. The van der Waals surface area contributed by atoms with Gasteiger partial charge in [0.15, 0.2) is 5.13 Å². The number of anilines is 1. The van der Waals surface area contributed by atoms with E-state index in [0.29, 0.717) is 39.6 Å². The first-order valence-corrected chi connectivity index (χ1v) is 14.0. The Morgan fingerprint density at radius 3 is 2.56 bits per heavy atom. The van der Waals surface area contributed by atoms with E-state index in [9.17, 15) is 14.7 Å². The molecule has 1 N–H and O–H groups in total. The van der Waals surface area contributed by atoms with Crippen molar-refractivity contribution in [2.75, 3.05) is 11.5 Å². The van der Waals surface area contributed by atoms with Crippen molar-refractivity contribution in [3.05, 3.63) is 93.5 Å². The number of benzene rings is 3. The molecule has 1 aliphatic rings. The Balaban J connectivity index is 1.67. The molecule has 0 saturated carbocycles. The van der Waals surface area contributed by atoms with E-state index in [-0.39, 0.29) is 11.3 Å². The third-order valence-corrected chi connectivity index (χ3v) is 7.98. The van der Waals surface area contributed by atoms with Gasteiger partial charge in [-0.2, -0.15) is 0 Å². The Labute approximate surface area is 236 Å². The number of ether oxygens (including phenoxy) is 1. The van der Waals surface area contributed by atoms with Gasteiger partial charge >= 0.3 is 5.91 Å². The van der Waals surface area contributed by atoms with Gasteiger partial charge in [-0.05, 0) is 85.3 Å². The maximum Gasteiger partial charge on any atom is 0.301 e. The zero-order valence-corrected chi connectivity index (χ0v) is 23.8. The molecule has 3 aromatic carbocycles. The van der Waals surface area contributed by atoms with Crippen molar-refractivity contribution in [2.24, 2.45) is 5.92 Å². The highest BCUT2D eigenvalue weighted by Gasteiger charge is 2.48. The molecule has 6 nitrogen and oxygen atoms in total. The molecular weight excluding hydrogens is 532 g/mol. The highest BCUT2D eigenvalue weighted by atomic mass is 35.5. The number of carbonyl (C=O) groups excluding carboxylic acids is 2. The predicted molar refractivity (Wildman–Crippen MR) is 157 cm³/mol. The average Bonchev–Trinajstić information content (AvgIpc) is 3.42. The first kappa shape index (κ1) is 26.9. The van der Waals surface area contributed by atoms with Crippen LogP contribution in [0.15, 0.2) is 66.2 Å². The summed E-state index contributed by atoms with van der Waals surface area (Å²) in [5.41, 5.74) is 3.88. The Bertz CT molecular complexity index is 1610. The Morgan fingerprint density at radius 1 is 1.10 bits per heavy atom. The summed E-state index contributed by atoms with van der Waals surface area (Å²) in [6.45, 7) is 8.79. The molecule has 200 valence electrons. The number of aromatic nitrogens is 1. The van der Waals surface area contributed by atoms with Crippen LogP contribution in [0.1, 0.15) is 48.6 Å². The van der Waals surface area contributed by atoms with Crippen LogP contribution in [0.3, 0.4) is 0 Å². The zero-order valence-electron chi connectivity index (χ0n) is 22.2. The number of thiazole rings is 1. The second-order valence-corrected chi connectivity index (χ2v) is 11.7. The third kappa shape index (κ3) is 5.29. The quantitative estimate of drug-likeness (QED) is 0.143. The van der Waals surface area contributed by atoms with Gasteiger partial charge in [0.1, 0.15) is 11.5 Å². The molecule has 8 heteroatoms. The number of aliphatic hydroxyl groups excluding tert-OH is 1. The molecule has 4 aromatic rings. The second kappa shape index (κ2) is 10.8. The van der Waals surface area contributed by atoms with Gasteiger partial charge in [0.25, 0.3) is 5.78 Å². The van der Waals surface area contributed by atoms with Gasteiger partial charge in [-0.1, -0.05) is 55.0 Å². The number of aryl methyl sites for hydroxylation is 2. The number of carbonyl (C=O) groups is 2. The van der Waals surface area contributed by atoms with Crippen molar-refractivity contribution in [1.82, 2.24) is 4.98 Å². The van der Waals surface area contributed by atoms with Gasteiger partial charge in [0, 0.05) is 10.6 Å². The van der Waals surface area contributed by atoms with Gasteiger partial charge in [0.05, 0.1) is 28.4 Å². The van der Waals surface area contributed by atoms with Crippen LogP contribution in [0.5, 0.6) is 5.75 Å². The van der Waals surface area contributed by atoms with Crippen LogP contribution < -0.4 is 9.64 Å². The average molecular weight is 561 g/mol.